The zero-order chi connectivity index (χ0) is 25.6. The molecule has 36 heavy (non-hydrogen) atoms. The molecular formula is C27H27N3O5S. The van der Waals surface area contributed by atoms with Gasteiger partial charge in [-0.05, 0) is 67.8 Å². The second-order valence-electron chi connectivity index (χ2n) is 8.85. The van der Waals surface area contributed by atoms with Crippen molar-refractivity contribution in [2.75, 3.05) is 32.4 Å². The molecule has 2 aromatic carbocycles. The van der Waals surface area contributed by atoms with Gasteiger partial charge in [0, 0.05) is 19.8 Å². The van der Waals surface area contributed by atoms with E-state index in [4.69, 9.17) is 14.2 Å². The number of anilines is 1. The number of carbonyl (C=O) groups excluding carboxylic acids is 1. The Morgan fingerprint density at radius 2 is 1.89 bits per heavy atom. The van der Waals surface area contributed by atoms with E-state index >= 15 is 0 Å². The highest BCUT2D eigenvalue weighted by atomic mass is 32.1. The Labute approximate surface area is 212 Å². The molecule has 0 N–H and O–H groups in total. The van der Waals surface area contributed by atoms with Gasteiger partial charge >= 0.3 is 5.97 Å². The number of benzene rings is 2. The molecular weight excluding hydrogens is 478 g/mol. The molecule has 5 rings (SSSR count). The number of hydrogen-bond donors (Lipinski definition) is 0. The van der Waals surface area contributed by atoms with Crippen LogP contribution in [0.4, 0.5) is 5.69 Å². The van der Waals surface area contributed by atoms with Crippen molar-refractivity contribution in [2.24, 2.45) is 4.99 Å². The Hall–Kier alpha value is -3.85. The van der Waals surface area contributed by atoms with Crippen molar-refractivity contribution in [1.29, 1.82) is 0 Å². The van der Waals surface area contributed by atoms with Crippen molar-refractivity contribution in [3.63, 3.8) is 0 Å². The molecule has 1 aromatic heterocycles. The highest BCUT2D eigenvalue weighted by Crippen LogP contribution is 2.35. The van der Waals surface area contributed by atoms with E-state index in [1.54, 1.807) is 18.4 Å². The van der Waals surface area contributed by atoms with E-state index in [0.29, 0.717) is 32.1 Å². The van der Waals surface area contributed by atoms with Crippen LogP contribution in [-0.4, -0.2) is 38.0 Å². The lowest BCUT2D eigenvalue weighted by Gasteiger charge is -2.25. The Morgan fingerprint density at radius 1 is 1.19 bits per heavy atom. The molecule has 3 aromatic rings. The molecule has 3 heterocycles. The highest BCUT2D eigenvalue weighted by molar-refractivity contribution is 7.07. The number of rotatable bonds is 5. The standard InChI is InChI=1S/C27H27N3O5S/c1-6-33-26(32)23-16(3)28-27-30(24(23)17-7-9-19(10-8-17)29(4)5)25(31)22(36-27)13-18-12-21-20(11-15(18)2)34-14-35-21/h7-13,24H,6,14H2,1-5H3/b22-13-/t24-/m0/s1. The number of fused-ring (bicyclic) bond motifs is 2. The number of aryl methyl sites for hydroxylation is 1. The van der Waals surface area contributed by atoms with E-state index in [1.807, 2.05) is 68.4 Å². The first kappa shape index (κ1) is 23.9. The molecule has 0 bridgehead atoms. The van der Waals surface area contributed by atoms with Gasteiger partial charge in [-0.25, -0.2) is 9.79 Å². The number of hydrogen-bond acceptors (Lipinski definition) is 8. The third-order valence-electron chi connectivity index (χ3n) is 6.29. The summed E-state index contributed by atoms with van der Waals surface area (Å²) in [5.41, 5.74) is 4.34. The van der Waals surface area contributed by atoms with E-state index in [0.717, 1.165) is 22.4 Å². The van der Waals surface area contributed by atoms with Gasteiger partial charge in [-0.3, -0.25) is 9.36 Å². The largest absolute Gasteiger partial charge is 0.463 e. The van der Waals surface area contributed by atoms with Crippen molar-refractivity contribution in [3.8, 4) is 11.5 Å². The number of aromatic nitrogens is 1. The maximum absolute atomic E-state index is 13.8. The summed E-state index contributed by atoms with van der Waals surface area (Å²) in [6, 6.07) is 11.0. The lowest BCUT2D eigenvalue weighted by molar-refractivity contribution is -0.139. The quantitative estimate of drug-likeness (QED) is 0.496. The maximum Gasteiger partial charge on any atom is 0.338 e. The SMILES string of the molecule is CCOC(=O)C1=C(C)N=c2s/c(=C\c3cc4c(cc3C)OCO4)c(=O)n2[C@H]1c1ccc(N(C)C)cc1. The third-order valence-corrected chi connectivity index (χ3v) is 7.27. The predicted molar refractivity (Wildman–Crippen MR) is 138 cm³/mol. The van der Waals surface area contributed by atoms with Gasteiger partial charge in [0.05, 0.1) is 28.5 Å². The van der Waals surface area contributed by atoms with Gasteiger partial charge in [0.15, 0.2) is 16.3 Å². The van der Waals surface area contributed by atoms with Gasteiger partial charge < -0.3 is 19.1 Å². The fourth-order valence-electron chi connectivity index (χ4n) is 4.42. The molecule has 0 saturated heterocycles. The Morgan fingerprint density at radius 3 is 2.56 bits per heavy atom. The Bertz CT molecular complexity index is 1560. The molecule has 0 radical (unpaired) electrons. The van der Waals surface area contributed by atoms with E-state index in [2.05, 4.69) is 4.99 Å². The first-order valence-corrected chi connectivity index (χ1v) is 12.5. The van der Waals surface area contributed by atoms with Crippen molar-refractivity contribution in [1.82, 2.24) is 4.57 Å². The first-order valence-electron chi connectivity index (χ1n) is 11.7. The minimum Gasteiger partial charge on any atom is -0.463 e. The fraction of sp³-hybridized carbons (Fsp3) is 0.296. The summed E-state index contributed by atoms with van der Waals surface area (Å²) in [7, 11) is 3.93. The van der Waals surface area contributed by atoms with Gasteiger partial charge in [-0.1, -0.05) is 23.5 Å². The molecule has 0 fully saturated rings. The summed E-state index contributed by atoms with van der Waals surface area (Å²) in [6.45, 7) is 5.92. The minimum absolute atomic E-state index is 0.183. The van der Waals surface area contributed by atoms with Gasteiger partial charge in [0.25, 0.3) is 5.56 Å². The summed E-state index contributed by atoms with van der Waals surface area (Å²) in [4.78, 5) is 34.0. The van der Waals surface area contributed by atoms with Crippen molar-refractivity contribution in [2.45, 2.75) is 26.8 Å². The lowest BCUT2D eigenvalue weighted by Crippen LogP contribution is -2.40. The molecule has 0 amide bonds. The van der Waals surface area contributed by atoms with Gasteiger partial charge in [0.1, 0.15) is 0 Å². The van der Waals surface area contributed by atoms with Gasteiger partial charge in [-0.2, -0.15) is 0 Å². The van der Waals surface area contributed by atoms with Crippen molar-refractivity contribution < 1.29 is 19.0 Å². The minimum atomic E-state index is -0.642. The molecule has 0 unspecified atom stereocenters. The molecule has 2 aliphatic rings. The summed E-state index contributed by atoms with van der Waals surface area (Å²) in [6.07, 6.45) is 1.84. The van der Waals surface area contributed by atoms with Crippen LogP contribution in [0.3, 0.4) is 0 Å². The number of thiazole rings is 1. The van der Waals surface area contributed by atoms with Crippen LogP contribution in [0.25, 0.3) is 6.08 Å². The van der Waals surface area contributed by atoms with Crippen LogP contribution in [0.15, 0.2) is 57.5 Å². The molecule has 1 atom stereocenters. The number of carbonyl (C=O) groups is 1. The predicted octanol–water partition coefficient (Wildman–Crippen LogP) is 2.90. The smallest absolute Gasteiger partial charge is 0.338 e. The molecule has 0 saturated carbocycles. The number of allylic oxidation sites excluding steroid dienone is 1. The summed E-state index contributed by atoms with van der Waals surface area (Å²) in [5.74, 6) is 0.877. The van der Waals surface area contributed by atoms with E-state index in [9.17, 15) is 9.59 Å². The lowest BCUT2D eigenvalue weighted by atomic mass is 9.95. The van der Waals surface area contributed by atoms with Crippen molar-refractivity contribution in [3.05, 3.63) is 84.0 Å². The maximum atomic E-state index is 13.8. The molecule has 9 heteroatoms. The van der Waals surface area contributed by atoms with Crippen LogP contribution >= 0.6 is 11.3 Å². The Kier molecular flexibility index (Phi) is 6.17. The number of esters is 1. The summed E-state index contributed by atoms with van der Waals surface area (Å²) < 4.78 is 18.5. The van der Waals surface area contributed by atoms with Crippen LogP contribution in [0.1, 0.15) is 36.6 Å². The third kappa shape index (κ3) is 4.09. The van der Waals surface area contributed by atoms with E-state index in [1.165, 1.54) is 11.3 Å². The first-order chi connectivity index (χ1) is 17.3. The molecule has 186 valence electrons. The number of ether oxygens (including phenoxy) is 3. The van der Waals surface area contributed by atoms with Gasteiger partial charge in [0.2, 0.25) is 6.79 Å². The Balaban J connectivity index is 1.69. The van der Waals surface area contributed by atoms with Crippen LogP contribution in [-0.2, 0) is 9.53 Å². The van der Waals surface area contributed by atoms with Crippen LogP contribution in [0.5, 0.6) is 11.5 Å². The normalized spacial score (nSPS) is 16.6. The zero-order valence-corrected chi connectivity index (χ0v) is 21.6. The van der Waals surface area contributed by atoms with Gasteiger partial charge in [-0.15, -0.1) is 0 Å². The zero-order valence-electron chi connectivity index (χ0n) is 20.8. The summed E-state index contributed by atoms with van der Waals surface area (Å²) in [5, 5.41) is 0. The van der Waals surface area contributed by atoms with Crippen LogP contribution in [0, 0.1) is 6.92 Å². The summed E-state index contributed by atoms with van der Waals surface area (Å²) >= 11 is 1.30. The van der Waals surface area contributed by atoms with E-state index in [-0.39, 0.29) is 19.0 Å². The molecule has 0 aliphatic carbocycles. The second kappa shape index (κ2) is 9.31. The topological polar surface area (TPSA) is 82.4 Å². The monoisotopic (exact) mass is 505 g/mol. The average molecular weight is 506 g/mol. The van der Waals surface area contributed by atoms with Crippen molar-refractivity contribution >= 4 is 29.1 Å². The molecule has 2 aliphatic heterocycles. The van der Waals surface area contributed by atoms with Crippen LogP contribution in [0.2, 0.25) is 0 Å². The van der Waals surface area contributed by atoms with E-state index < -0.39 is 12.0 Å². The second-order valence-corrected chi connectivity index (χ2v) is 9.86. The average Bonchev–Trinajstić information content (AvgIpc) is 3.42. The molecule has 8 nitrogen and oxygen atoms in total. The number of nitrogens with zero attached hydrogens (tertiary/aromatic N) is 3. The van der Waals surface area contributed by atoms with Crippen LogP contribution < -0.4 is 29.3 Å². The highest BCUT2D eigenvalue weighted by Gasteiger charge is 2.33. The molecule has 0 spiro atoms. The fourth-order valence-corrected chi connectivity index (χ4v) is 5.46.